The molecule has 0 fully saturated rings. The van der Waals surface area contributed by atoms with Crippen molar-refractivity contribution in [3.63, 3.8) is 0 Å². The highest BCUT2D eigenvalue weighted by Crippen LogP contribution is 2.35. The summed E-state index contributed by atoms with van der Waals surface area (Å²) >= 11 is 6.00. The van der Waals surface area contributed by atoms with Crippen LogP contribution in [0.1, 0.15) is 0 Å². The number of anilines is 1. The van der Waals surface area contributed by atoms with E-state index in [0.29, 0.717) is 28.0 Å². The van der Waals surface area contributed by atoms with Crippen molar-refractivity contribution < 1.29 is 19.0 Å². The number of carbonyl (C=O) groups is 1. The molecule has 2 aromatic rings. The summed E-state index contributed by atoms with van der Waals surface area (Å²) in [4.78, 5) is 11.9. The van der Waals surface area contributed by atoms with Crippen LogP contribution in [0.3, 0.4) is 0 Å². The molecule has 2 rings (SSSR count). The summed E-state index contributed by atoms with van der Waals surface area (Å²) in [5.74, 6) is 1.27. The molecule has 6 heteroatoms. The highest BCUT2D eigenvalue weighted by molar-refractivity contribution is 6.32. The van der Waals surface area contributed by atoms with Crippen LogP contribution >= 0.6 is 11.6 Å². The standard InChI is InChI=1S/C15H14ClNO4/c1-19-13-9-12(14(20-2)8-11(13)16)17-15(18)21-10-6-4-3-5-7-10/h3-9H,1-2H3,(H,17,18). The van der Waals surface area contributed by atoms with Gasteiger partial charge in [-0.3, -0.25) is 5.32 Å². The Balaban J connectivity index is 2.16. The van der Waals surface area contributed by atoms with E-state index in [9.17, 15) is 4.79 Å². The van der Waals surface area contributed by atoms with Crippen LogP contribution in [0, 0.1) is 0 Å². The second-order valence-corrected chi connectivity index (χ2v) is 4.42. The van der Waals surface area contributed by atoms with Gasteiger partial charge in [-0.15, -0.1) is 0 Å². The molecule has 0 spiro atoms. The van der Waals surface area contributed by atoms with E-state index in [-0.39, 0.29) is 0 Å². The molecule has 21 heavy (non-hydrogen) atoms. The van der Waals surface area contributed by atoms with Gasteiger partial charge in [-0.25, -0.2) is 4.79 Å². The third-order valence-corrected chi connectivity index (χ3v) is 2.96. The summed E-state index contributed by atoms with van der Waals surface area (Å²) in [6.45, 7) is 0. The first-order valence-electron chi connectivity index (χ1n) is 6.09. The molecule has 0 radical (unpaired) electrons. The van der Waals surface area contributed by atoms with Crippen molar-refractivity contribution in [2.75, 3.05) is 19.5 Å². The molecular formula is C15H14ClNO4. The van der Waals surface area contributed by atoms with E-state index in [2.05, 4.69) is 5.32 Å². The first kappa shape index (κ1) is 15.0. The van der Waals surface area contributed by atoms with E-state index in [0.717, 1.165) is 0 Å². The van der Waals surface area contributed by atoms with Gasteiger partial charge in [0.25, 0.3) is 0 Å². The van der Waals surface area contributed by atoms with Gasteiger partial charge < -0.3 is 14.2 Å². The largest absolute Gasteiger partial charge is 0.495 e. The van der Waals surface area contributed by atoms with Crippen molar-refractivity contribution >= 4 is 23.4 Å². The number of nitrogens with one attached hydrogen (secondary N) is 1. The molecule has 0 atom stereocenters. The lowest BCUT2D eigenvalue weighted by Crippen LogP contribution is -2.17. The lowest BCUT2D eigenvalue weighted by Gasteiger charge is -2.13. The molecule has 0 bridgehead atoms. The zero-order chi connectivity index (χ0) is 15.2. The number of ether oxygens (including phenoxy) is 3. The normalized spacial score (nSPS) is 9.86. The number of benzene rings is 2. The summed E-state index contributed by atoms with van der Waals surface area (Å²) < 4.78 is 15.4. The monoisotopic (exact) mass is 307 g/mol. The Morgan fingerprint density at radius 2 is 1.71 bits per heavy atom. The minimum absolute atomic E-state index is 0.385. The van der Waals surface area contributed by atoms with Crippen molar-refractivity contribution in [2.24, 2.45) is 0 Å². The predicted molar refractivity (Wildman–Crippen MR) is 80.6 cm³/mol. The maximum absolute atomic E-state index is 11.9. The van der Waals surface area contributed by atoms with Gasteiger partial charge in [0.2, 0.25) is 0 Å². The fourth-order valence-electron chi connectivity index (χ4n) is 1.69. The Bertz CT molecular complexity index is 631. The first-order valence-corrected chi connectivity index (χ1v) is 6.47. The second-order valence-electron chi connectivity index (χ2n) is 4.01. The molecule has 0 aliphatic rings. The van der Waals surface area contributed by atoms with E-state index in [1.165, 1.54) is 14.2 Å². The number of para-hydroxylation sites is 1. The van der Waals surface area contributed by atoms with Crippen LogP contribution in [-0.2, 0) is 0 Å². The van der Waals surface area contributed by atoms with Crippen molar-refractivity contribution in [1.82, 2.24) is 0 Å². The lowest BCUT2D eigenvalue weighted by molar-refractivity contribution is 0.215. The van der Waals surface area contributed by atoms with E-state index < -0.39 is 6.09 Å². The number of hydrogen-bond donors (Lipinski definition) is 1. The smallest absolute Gasteiger partial charge is 0.417 e. The van der Waals surface area contributed by atoms with Crippen molar-refractivity contribution in [3.05, 3.63) is 47.5 Å². The SMILES string of the molecule is COc1cc(NC(=O)Oc2ccccc2)c(OC)cc1Cl. The molecule has 0 heterocycles. The molecular weight excluding hydrogens is 294 g/mol. The van der Waals surface area contributed by atoms with Crippen LogP contribution in [0.5, 0.6) is 17.2 Å². The van der Waals surface area contributed by atoms with Crippen LogP contribution in [0.15, 0.2) is 42.5 Å². The molecule has 0 aliphatic heterocycles. The molecule has 1 N–H and O–H groups in total. The summed E-state index contributed by atoms with van der Waals surface area (Å²) in [6, 6.07) is 11.9. The number of hydrogen-bond acceptors (Lipinski definition) is 4. The molecule has 0 aliphatic carbocycles. The van der Waals surface area contributed by atoms with Crippen molar-refractivity contribution in [1.29, 1.82) is 0 Å². The topological polar surface area (TPSA) is 56.8 Å². The van der Waals surface area contributed by atoms with Gasteiger partial charge in [-0.05, 0) is 12.1 Å². The van der Waals surface area contributed by atoms with Crippen molar-refractivity contribution in [3.8, 4) is 17.2 Å². The van der Waals surface area contributed by atoms with Gasteiger partial charge in [-0.1, -0.05) is 29.8 Å². The third kappa shape index (κ3) is 3.79. The Kier molecular flexibility index (Phi) is 4.90. The van der Waals surface area contributed by atoms with Crippen molar-refractivity contribution in [2.45, 2.75) is 0 Å². The number of halogens is 1. The number of rotatable bonds is 4. The predicted octanol–water partition coefficient (Wildman–Crippen LogP) is 3.97. The molecule has 2 aromatic carbocycles. The molecule has 110 valence electrons. The maximum atomic E-state index is 11.9. The molecule has 0 saturated carbocycles. The van der Waals surface area contributed by atoms with E-state index in [1.807, 2.05) is 6.07 Å². The third-order valence-electron chi connectivity index (χ3n) is 2.66. The maximum Gasteiger partial charge on any atom is 0.417 e. The Morgan fingerprint density at radius 1 is 1.05 bits per heavy atom. The quantitative estimate of drug-likeness (QED) is 0.928. The van der Waals surface area contributed by atoms with Crippen LogP contribution in [0.2, 0.25) is 5.02 Å². The summed E-state index contributed by atoms with van der Waals surface area (Å²) in [6.07, 6.45) is -0.635. The molecule has 1 amide bonds. The molecule has 5 nitrogen and oxygen atoms in total. The van der Waals surface area contributed by atoms with E-state index in [1.54, 1.807) is 36.4 Å². The summed E-state index contributed by atoms with van der Waals surface area (Å²) in [5.41, 5.74) is 0.402. The first-order chi connectivity index (χ1) is 10.1. The van der Waals surface area contributed by atoms with Crippen LogP contribution in [-0.4, -0.2) is 20.3 Å². The van der Waals surface area contributed by atoms with Gasteiger partial charge in [0.1, 0.15) is 17.2 Å². The Morgan fingerprint density at radius 3 is 2.33 bits per heavy atom. The fraction of sp³-hybridized carbons (Fsp3) is 0.133. The highest BCUT2D eigenvalue weighted by Gasteiger charge is 2.13. The summed E-state index contributed by atoms with van der Waals surface area (Å²) in [7, 11) is 2.96. The highest BCUT2D eigenvalue weighted by atomic mass is 35.5. The minimum atomic E-state index is -0.635. The lowest BCUT2D eigenvalue weighted by atomic mass is 10.2. The molecule has 0 unspecified atom stereocenters. The molecule has 0 aromatic heterocycles. The average Bonchev–Trinajstić information content (AvgIpc) is 2.49. The van der Waals surface area contributed by atoms with E-state index >= 15 is 0 Å². The zero-order valence-corrected chi connectivity index (χ0v) is 12.3. The van der Waals surface area contributed by atoms with Gasteiger partial charge in [0.15, 0.2) is 0 Å². The minimum Gasteiger partial charge on any atom is -0.495 e. The van der Waals surface area contributed by atoms with Crippen LogP contribution in [0.25, 0.3) is 0 Å². The van der Waals surface area contributed by atoms with Crippen LogP contribution in [0.4, 0.5) is 10.5 Å². The van der Waals surface area contributed by atoms with Gasteiger partial charge in [-0.2, -0.15) is 0 Å². The Labute approximate surface area is 127 Å². The van der Waals surface area contributed by atoms with Gasteiger partial charge >= 0.3 is 6.09 Å². The average molecular weight is 308 g/mol. The van der Waals surface area contributed by atoms with Crippen LogP contribution < -0.4 is 19.5 Å². The van der Waals surface area contributed by atoms with Gasteiger partial charge in [0.05, 0.1) is 24.9 Å². The Hall–Kier alpha value is -2.40. The van der Waals surface area contributed by atoms with Gasteiger partial charge in [0, 0.05) is 12.1 Å². The van der Waals surface area contributed by atoms with E-state index in [4.69, 9.17) is 25.8 Å². The molecule has 0 saturated heterocycles. The fourth-order valence-corrected chi connectivity index (χ4v) is 1.92. The number of carbonyl (C=O) groups excluding carboxylic acids is 1. The summed E-state index contributed by atoms with van der Waals surface area (Å²) in [5, 5.41) is 2.97. The zero-order valence-electron chi connectivity index (χ0n) is 11.6. The number of amides is 1. The number of methoxy groups -OCH3 is 2. The second kappa shape index (κ2) is 6.85.